The van der Waals surface area contributed by atoms with Gasteiger partial charge in [-0.3, -0.25) is 4.55 Å². The summed E-state index contributed by atoms with van der Waals surface area (Å²) in [5.41, 5.74) is 0. The summed E-state index contributed by atoms with van der Waals surface area (Å²) in [6.07, 6.45) is 3.57. The number of hydrogen-bond acceptors (Lipinski definition) is 2. The summed E-state index contributed by atoms with van der Waals surface area (Å²) in [6.45, 7) is 2.05. The predicted molar refractivity (Wildman–Crippen MR) is 78.3 cm³/mol. The molecule has 0 spiro atoms. The minimum atomic E-state index is -6.00. The van der Waals surface area contributed by atoms with Crippen LogP contribution in [0.3, 0.4) is 0 Å². The van der Waals surface area contributed by atoms with Crippen LogP contribution in [0.2, 0.25) is 0 Å². The monoisotopic (exact) mass is 435 g/mol. The normalized spacial score (nSPS) is 11.5. The second-order valence-corrected chi connectivity index (χ2v) is 5.40. The average Bonchev–Trinajstić information content (AvgIpc) is 2.15. The zero-order chi connectivity index (χ0) is 21.5. The molecule has 0 amide bonds. The Balaban J connectivity index is -0.0000000794. The molecule has 3 nitrogen and oxygen atoms in total. The first-order chi connectivity index (χ1) is 10.6. The van der Waals surface area contributed by atoms with Gasteiger partial charge >= 0.3 is 40.6 Å². The minimum absolute atomic E-state index is 0. The summed E-state index contributed by atoms with van der Waals surface area (Å²) in [5.74, 6) is -0.0903. The molecule has 20 heteroatoms. The Morgan fingerprint density at radius 2 is 0.885 bits per heavy atom. The van der Waals surface area contributed by atoms with Gasteiger partial charge in [0.1, 0.15) is 0 Å². The average molecular weight is 435 g/mol. The van der Waals surface area contributed by atoms with Gasteiger partial charge in [-0.1, -0.05) is 26.2 Å². The van der Waals surface area contributed by atoms with Crippen molar-refractivity contribution in [2.24, 2.45) is 0 Å². The van der Waals surface area contributed by atoms with Gasteiger partial charge in [0.05, 0.1) is 5.75 Å². The van der Waals surface area contributed by atoms with Gasteiger partial charge in [0.25, 0.3) is 10.1 Å². The standard InChI is InChI=1S/C6H14O3S.3BF4.Li.H/c1-2-3-4-5-6-10(7,8)9;3*2-1(3,4)5;;/h2-6H2,1H3,(H,7,8,9);;;;;/q;3*-1;;. The van der Waals surface area contributed by atoms with E-state index in [1.54, 1.807) is 0 Å². The molecule has 0 saturated carbocycles. The van der Waals surface area contributed by atoms with Crippen LogP contribution < -0.4 is 0 Å². The number of unbranched alkanes of at least 4 members (excludes halogenated alkanes) is 3. The summed E-state index contributed by atoms with van der Waals surface area (Å²) in [7, 11) is -21.7. The van der Waals surface area contributed by atoms with E-state index < -0.39 is 31.9 Å². The molecule has 0 heterocycles. The Bertz CT molecular complexity index is 352. The molecule has 0 aliphatic rings. The van der Waals surface area contributed by atoms with Crippen LogP contribution in [0, 0.1) is 0 Å². The molecular formula is C6H15B3F12LiO3S-3. The van der Waals surface area contributed by atoms with Crippen LogP contribution in [0.5, 0.6) is 0 Å². The first-order valence-corrected chi connectivity index (χ1v) is 7.74. The van der Waals surface area contributed by atoms with Crippen molar-refractivity contribution >= 4 is 50.7 Å². The Morgan fingerprint density at radius 3 is 1.04 bits per heavy atom. The van der Waals surface area contributed by atoms with Crippen molar-refractivity contribution in [1.82, 2.24) is 0 Å². The topological polar surface area (TPSA) is 54.4 Å². The molecule has 160 valence electrons. The van der Waals surface area contributed by atoms with E-state index in [0.717, 1.165) is 19.3 Å². The van der Waals surface area contributed by atoms with Crippen LogP contribution in [0.15, 0.2) is 0 Å². The third-order valence-corrected chi connectivity index (χ3v) is 2.06. The molecule has 0 aliphatic carbocycles. The van der Waals surface area contributed by atoms with E-state index in [1.807, 2.05) is 6.92 Å². The van der Waals surface area contributed by atoms with E-state index >= 15 is 0 Å². The second-order valence-electron chi connectivity index (χ2n) is 3.83. The van der Waals surface area contributed by atoms with E-state index in [-0.39, 0.29) is 24.6 Å². The Morgan fingerprint density at radius 1 is 0.654 bits per heavy atom. The van der Waals surface area contributed by atoms with Crippen molar-refractivity contribution in [3.05, 3.63) is 0 Å². The fourth-order valence-corrected chi connectivity index (χ4v) is 1.28. The van der Waals surface area contributed by atoms with Gasteiger partial charge in [0.15, 0.2) is 0 Å². The molecular weight excluding hydrogens is 419 g/mol. The second kappa shape index (κ2) is 17.0. The zero-order valence-electron chi connectivity index (χ0n) is 12.5. The van der Waals surface area contributed by atoms with Gasteiger partial charge in [0.2, 0.25) is 0 Å². The van der Waals surface area contributed by atoms with Crippen molar-refractivity contribution in [2.45, 2.75) is 32.6 Å². The molecule has 0 unspecified atom stereocenters. The third kappa shape index (κ3) is 265. The summed E-state index contributed by atoms with van der Waals surface area (Å²) in [6, 6.07) is 0. The Hall–Kier alpha value is -0.138. The maximum absolute atomic E-state index is 10.1. The summed E-state index contributed by atoms with van der Waals surface area (Å²) in [5, 5.41) is 0. The van der Waals surface area contributed by atoms with Gasteiger partial charge in [-0.2, -0.15) is 8.42 Å². The van der Waals surface area contributed by atoms with Gasteiger partial charge in [-0.05, 0) is 6.42 Å². The first kappa shape index (κ1) is 36.7. The SMILES string of the molecule is CCCCCCS(=O)(=O)O.F[B-](F)(F)F.F[B-](F)(F)F.F[B-](F)(F)F.[LiH]. The van der Waals surface area contributed by atoms with E-state index in [4.69, 9.17) is 4.55 Å². The number of halogens is 12. The number of hydrogen-bond donors (Lipinski definition) is 1. The van der Waals surface area contributed by atoms with E-state index in [0.29, 0.717) is 6.42 Å². The fourth-order valence-electron chi connectivity index (χ4n) is 0.711. The molecule has 0 atom stereocenters. The van der Waals surface area contributed by atoms with Crippen molar-refractivity contribution < 1.29 is 64.8 Å². The van der Waals surface area contributed by atoms with Crippen LogP contribution in [0.25, 0.3) is 0 Å². The van der Waals surface area contributed by atoms with Crippen molar-refractivity contribution in [2.75, 3.05) is 5.75 Å². The molecule has 1 N–H and O–H groups in total. The molecule has 0 rings (SSSR count). The van der Waals surface area contributed by atoms with Crippen LogP contribution in [-0.2, 0) is 10.1 Å². The quantitative estimate of drug-likeness (QED) is 0.295. The van der Waals surface area contributed by atoms with Crippen molar-refractivity contribution in [1.29, 1.82) is 0 Å². The van der Waals surface area contributed by atoms with Gasteiger partial charge in [-0.25, -0.2) is 0 Å². The summed E-state index contributed by atoms with van der Waals surface area (Å²) >= 11 is 0. The third-order valence-electron chi connectivity index (χ3n) is 1.26. The van der Waals surface area contributed by atoms with E-state index in [2.05, 4.69) is 0 Å². The first-order valence-electron chi connectivity index (χ1n) is 6.13. The van der Waals surface area contributed by atoms with Crippen LogP contribution >= 0.6 is 0 Å². The molecule has 0 aliphatic heterocycles. The summed E-state index contributed by atoms with van der Waals surface area (Å²) < 4.78 is 146. The van der Waals surface area contributed by atoms with Gasteiger partial charge in [0, 0.05) is 0 Å². The molecule has 0 bridgehead atoms. The molecule has 0 saturated heterocycles. The molecule has 0 radical (unpaired) electrons. The van der Waals surface area contributed by atoms with Crippen LogP contribution in [0.4, 0.5) is 51.8 Å². The maximum atomic E-state index is 10.1. The van der Waals surface area contributed by atoms with E-state index in [9.17, 15) is 60.2 Å². The molecule has 0 fully saturated rings. The predicted octanol–water partition coefficient (Wildman–Crippen LogP) is 4.71. The molecule has 26 heavy (non-hydrogen) atoms. The van der Waals surface area contributed by atoms with Crippen LogP contribution in [0.1, 0.15) is 32.6 Å². The zero-order valence-corrected chi connectivity index (χ0v) is 13.3. The molecule has 0 aromatic carbocycles. The Labute approximate surface area is 154 Å². The van der Waals surface area contributed by atoms with Gasteiger partial charge in [-0.15, -0.1) is 0 Å². The van der Waals surface area contributed by atoms with Crippen LogP contribution in [-0.4, -0.2) is 59.3 Å². The Kier molecular flexibility index (Phi) is 24.0. The summed E-state index contributed by atoms with van der Waals surface area (Å²) in [4.78, 5) is 0. The van der Waals surface area contributed by atoms with Crippen molar-refractivity contribution in [3.63, 3.8) is 0 Å². The van der Waals surface area contributed by atoms with Crippen molar-refractivity contribution in [3.8, 4) is 0 Å². The molecule has 0 aromatic heterocycles. The van der Waals surface area contributed by atoms with Gasteiger partial charge < -0.3 is 51.8 Å². The van der Waals surface area contributed by atoms with E-state index in [1.165, 1.54) is 0 Å². The number of rotatable bonds is 5. The fraction of sp³-hybridized carbons (Fsp3) is 1.00. The molecule has 0 aromatic rings.